The zero-order valence-corrected chi connectivity index (χ0v) is 15.2. The number of amides is 1. The number of hydrogen-bond acceptors (Lipinski definition) is 4. The van der Waals surface area contributed by atoms with E-state index >= 15 is 0 Å². The molecule has 0 bridgehead atoms. The molecule has 6 nitrogen and oxygen atoms in total. The van der Waals surface area contributed by atoms with Gasteiger partial charge in [0, 0.05) is 18.7 Å². The molecule has 6 heteroatoms. The van der Waals surface area contributed by atoms with Crippen molar-refractivity contribution in [2.75, 3.05) is 5.73 Å². The van der Waals surface area contributed by atoms with Gasteiger partial charge in [-0.15, -0.1) is 0 Å². The van der Waals surface area contributed by atoms with E-state index in [1.807, 2.05) is 22.8 Å². The molecule has 0 radical (unpaired) electrons. The van der Waals surface area contributed by atoms with Crippen LogP contribution >= 0.6 is 0 Å². The van der Waals surface area contributed by atoms with Gasteiger partial charge in [-0.1, -0.05) is 12.8 Å². The highest BCUT2D eigenvalue weighted by Gasteiger charge is 2.21. The number of imidazole rings is 1. The number of hydrogen-bond donors (Lipinski definition) is 3. The number of fused-ring (bicyclic) bond motifs is 1. The standard InChI is InChI=1S/C19H28N4O2/c1-19(2,25)9-10-23-16-8-7-14(12-15(16)22-18(23)20)21-17(24)11-13-5-3-4-6-13/h7-8,12-13,25H,3-6,9-11H2,1-2H3,(H2,20,22)(H,21,24)/p+1. The van der Waals surface area contributed by atoms with Gasteiger partial charge in [-0.05, 0) is 45.1 Å². The van der Waals surface area contributed by atoms with E-state index in [0.717, 1.165) is 16.7 Å². The van der Waals surface area contributed by atoms with Crippen LogP contribution in [0, 0.1) is 5.92 Å². The number of primary amides is 1. The molecule has 1 fully saturated rings. The van der Waals surface area contributed by atoms with E-state index < -0.39 is 5.60 Å². The zero-order valence-electron chi connectivity index (χ0n) is 15.2. The Balaban J connectivity index is 1.71. The number of aromatic nitrogens is 2. The Morgan fingerprint density at radius 1 is 1.40 bits per heavy atom. The number of aliphatic hydroxyl groups is 1. The lowest BCUT2D eigenvalue weighted by atomic mass is 10.0. The van der Waals surface area contributed by atoms with Gasteiger partial charge in [0.1, 0.15) is 5.69 Å². The lowest BCUT2D eigenvalue weighted by Crippen LogP contribution is -2.82. The fourth-order valence-corrected chi connectivity index (χ4v) is 3.62. The minimum Gasteiger partial charge on any atom is -0.390 e. The first-order valence-electron chi connectivity index (χ1n) is 9.17. The summed E-state index contributed by atoms with van der Waals surface area (Å²) in [5.41, 5.74) is 7.89. The molecule has 0 aliphatic heterocycles. The van der Waals surface area contributed by atoms with Crippen molar-refractivity contribution in [1.82, 2.24) is 9.55 Å². The van der Waals surface area contributed by atoms with Crippen molar-refractivity contribution in [2.24, 2.45) is 5.92 Å². The minimum atomic E-state index is -0.747. The number of quaternary nitrogens is 1. The van der Waals surface area contributed by atoms with Crippen molar-refractivity contribution in [3.05, 3.63) is 18.2 Å². The average molecular weight is 345 g/mol. The number of nitrogens with two attached hydrogens (primary N) is 2. The summed E-state index contributed by atoms with van der Waals surface area (Å²) in [5.74, 6) is 1.19. The number of nitrogen functional groups attached to an aromatic ring is 1. The Kier molecular flexibility index (Phi) is 5.11. The van der Waals surface area contributed by atoms with Crippen molar-refractivity contribution in [2.45, 2.75) is 64.5 Å². The lowest BCUT2D eigenvalue weighted by Gasteiger charge is -2.17. The minimum absolute atomic E-state index is 0.195. The van der Waals surface area contributed by atoms with Crippen LogP contribution in [0.2, 0.25) is 0 Å². The van der Waals surface area contributed by atoms with Crippen LogP contribution < -0.4 is 11.1 Å². The summed E-state index contributed by atoms with van der Waals surface area (Å²) in [6.45, 7) is 4.17. The molecule has 25 heavy (non-hydrogen) atoms. The lowest BCUT2D eigenvalue weighted by molar-refractivity contribution is -0.484. The molecule has 1 saturated carbocycles. The summed E-state index contributed by atoms with van der Waals surface area (Å²) in [6.07, 6.45) is 6.12. The maximum atomic E-state index is 12.3. The predicted octanol–water partition coefficient (Wildman–Crippen LogP) is 2.08. The molecule has 2 aromatic rings. The summed E-state index contributed by atoms with van der Waals surface area (Å²) in [6, 6.07) is 5.81. The predicted molar refractivity (Wildman–Crippen MR) is 98.2 cm³/mol. The monoisotopic (exact) mass is 345 g/mol. The van der Waals surface area contributed by atoms with E-state index in [4.69, 9.17) is 5.73 Å². The summed E-state index contributed by atoms with van der Waals surface area (Å²) >= 11 is 0. The molecule has 0 atom stereocenters. The van der Waals surface area contributed by atoms with Gasteiger partial charge in [0.15, 0.2) is 0 Å². The van der Waals surface area contributed by atoms with Crippen LogP contribution in [0.3, 0.4) is 0 Å². The van der Waals surface area contributed by atoms with Crippen molar-refractivity contribution in [3.63, 3.8) is 0 Å². The van der Waals surface area contributed by atoms with Crippen LogP contribution in [0.5, 0.6) is 0 Å². The topological polar surface area (TPSA) is 97.8 Å². The van der Waals surface area contributed by atoms with Gasteiger partial charge >= 0.3 is 5.91 Å². The smallest absolute Gasteiger partial charge is 0.315 e. The van der Waals surface area contributed by atoms with Crippen LogP contribution in [0.15, 0.2) is 18.2 Å². The Hall–Kier alpha value is -1.92. The molecule has 5 N–H and O–H groups in total. The van der Waals surface area contributed by atoms with Gasteiger partial charge in [0.25, 0.3) is 0 Å². The quantitative estimate of drug-likeness (QED) is 0.698. The van der Waals surface area contributed by atoms with Crippen LogP contribution in [-0.2, 0) is 11.3 Å². The highest BCUT2D eigenvalue weighted by Crippen LogP contribution is 2.27. The van der Waals surface area contributed by atoms with Gasteiger partial charge in [-0.25, -0.2) is 9.78 Å². The third-order valence-corrected chi connectivity index (χ3v) is 5.04. The van der Waals surface area contributed by atoms with Crippen molar-refractivity contribution in [3.8, 4) is 0 Å². The van der Waals surface area contributed by atoms with E-state index in [2.05, 4.69) is 4.98 Å². The van der Waals surface area contributed by atoms with Gasteiger partial charge < -0.3 is 15.4 Å². The van der Waals surface area contributed by atoms with E-state index in [9.17, 15) is 9.90 Å². The molecule has 1 aromatic carbocycles. The molecule has 0 unspecified atom stereocenters. The first kappa shape index (κ1) is 17.9. The Bertz CT molecular complexity index is 755. The van der Waals surface area contributed by atoms with E-state index in [1.165, 1.54) is 25.7 Å². The molecule has 1 heterocycles. The van der Waals surface area contributed by atoms with E-state index in [1.54, 1.807) is 19.2 Å². The normalized spacial score (nSPS) is 16.0. The second-order valence-corrected chi connectivity index (χ2v) is 7.90. The maximum absolute atomic E-state index is 12.3. The summed E-state index contributed by atoms with van der Waals surface area (Å²) in [7, 11) is 0. The number of benzene rings is 1. The molecule has 3 rings (SSSR count). The highest BCUT2D eigenvalue weighted by molar-refractivity contribution is 5.81. The molecular weight excluding hydrogens is 316 g/mol. The molecule has 1 aromatic heterocycles. The third-order valence-electron chi connectivity index (χ3n) is 5.04. The number of anilines is 1. The largest absolute Gasteiger partial charge is 0.390 e. The summed E-state index contributed by atoms with van der Waals surface area (Å²) < 4.78 is 1.91. The second-order valence-electron chi connectivity index (χ2n) is 7.90. The van der Waals surface area contributed by atoms with Gasteiger partial charge in [-0.3, -0.25) is 5.32 Å². The summed E-state index contributed by atoms with van der Waals surface area (Å²) in [5, 5.41) is 11.6. The SMILES string of the molecule is CC(C)(O)CCn1c(N)nc2cc([NH2+]C(=O)CC3CCCC3)ccc21. The second kappa shape index (κ2) is 7.14. The number of nitrogens with zero attached hydrogens (tertiary/aromatic N) is 2. The Morgan fingerprint density at radius 3 is 2.80 bits per heavy atom. The maximum Gasteiger partial charge on any atom is 0.315 e. The van der Waals surface area contributed by atoms with Crippen LogP contribution in [-0.4, -0.2) is 26.2 Å². The third kappa shape index (κ3) is 4.58. The highest BCUT2D eigenvalue weighted by atomic mass is 16.3. The number of aryl methyl sites for hydroxylation is 1. The molecule has 0 saturated heterocycles. The fourth-order valence-electron chi connectivity index (χ4n) is 3.62. The molecular formula is C19H29N4O2+. The fraction of sp³-hybridized carbons (Fsp3) is 0.579. The van der Waals surface area contributed by atoms with Crippen molar-refractivity contribution in [1.29, 1.82) is 0 Å². The zero-order chi connectivity index (χ0) is 18.0. The molecule has 1 aliphatic rings. The van der Waals surface area contributed by atoms with Crippen molar-refractivity contribution >= 4 is 28.6 Å². The van der Waals surface area contributed by atoms with Crippen molar-refractivity contribution < 1.29 is 15.2 Å². The van der Waals surface area contributed by atoms with Crippen LogP contribution in [0.1, 0.15) is 52.4 Å². The Morgan fingerprint density at radius 2 is 2.12 bits per heavy atom. The molecule has 1 amide bonds. The first-order valence-corrected chi connectivity index (χ1v) is 9.17. The van der Waals surface area contributed by atoms with Crippen LogP contribution in [0.25, 0.3) is 11.0 Å². The molecule has 136 valence electrons. The number of rotatable bonds is 6. The Labute approximate surface area is 148 Å². The van der Waals surface area contributed by atoms with E-state index in [0.29, 0.717) is 31.3 Å². The number of carbonyl (C=O) groups is 1. The van der Waals surface area contributed by atoms with Gasteiger partial charge in [-0.2, -0.15) is 0 Å². The first-order chi connectivity index (χ1) is 11.8. The summed E-state index contributed by atoms with van der Waals surface area (Å²) in [4.78, 5) is 16.7. The molecule has 1 aliphatic carbocycles. The van der Waals surface area contributed by atoms with E-state index in [-0.39, 0.29) is 5.91 Å². The molecule has 0 spiro atoms. The number of carbonyl (C=O) groups excluding carboxylic acids is 1. The average Bonchev–Trinajstić information content (AvgIpc) is 3.11. The van der Waals surface area contributed by atoms with Gasteiger partial charge in [0.2, 0.25) is 5.95 Å². The van der Waals surface area contributed by atoms with Gasteiger partial charge in [0.05, 0.1) is 23.1 Å². The van der Waals surface area contributed by atoms with Crippen LogP contribution in [0.4, 0.5) is 11.6 Å².